The van der Waals surface area contributed by atoms with Gasteiger partial charge in [0.1, 0.15) is 11.6 Å². The number of Topliss-reactive ketones (excluding diaryl/α,β-unsaturated/α-hetero) is 2. The van der Waals surface area contributed by atoms with Crippen molar-refractivity contribution in [1.82, 2.24) is 0 Å². The lowest BCUT2D eigenvalue weighted by Gasteiger charge is -2.36. The van der Waals surface area contributed by atoms with Crippen molar-refractivity contribution in [2.24, 2.45) is 11.8 Å². The zero-order valence-electron chi connectivity index (χ0n) is 11.8. The predicted octanol–water partition coefficient (Wildman–Crippen LogP) is 3.75. The summed E-state index contributed by atoms with van der Waals surface area (Å²) in [6.07, 6.45) is 3.73. The first-order valence-electron chi connectivity index (χ1n) is 7.14. The van der Waals surface area contributed by atoms with Crippen LogP contribution in [0, 0.1) is 11.8 Å². The van der Waals surface area contributed by atoms with Crippen LogP contribution < -0.4 is 0 Å². The van der Waals surface area contributed by atoms with Gasteiger partial charge in [0, 0.05) is 12.3 Å². The molecule has 0 radical (unpaired) electrons. The van der Waals surface area contributed by atoms with E-state index >= 15 is 0 Å². The molecule has 0 amide bonds. The standard InChI is InChI=1S/C17H22O2/c1-12(18)11-15-9-6-10-16(17(15)13(2)19)14-7-4-3-5-8-14/h3-5,7-8,15-17H,6,9-11H2,1-2H3/t15-,16-,17+/m0/s1. The molecule has 2 heteroatoms. The number of carbonyl (C=O) groups excluding carboxylic acids is 2. The minimum Gasteiger partial charge on any atom is -0.300 e. The highest BCUT2D eigenvalue weighted by molar-refractivity contribution is 5.82. The Balaban J connectivity index is 2.26. The topological polar surface area (TPSA) is 34.1 Å². The highest BCUT2D eigenvalue weighted by Crippen LogP contribution is 2.43. The number of hydrogen-bond acceptors (Lipinski definition) is 2. The number of benzene rings is 1. The summed E-state index contributed by atoms with van der Waals surface area (Å²) in [6.45, 7) is 3.31. The van der Waals surface area contributed by atoms with Crippen LogP contribution in [-0.2, 0) is 9.59 Å². The molecule has 0 spiro atoms. The summed E-state index contributed by atoms with van der Waals surface area (Å²) in [5.74, 6) is 0.968. The Hall–Kier alpha value is -1.44. The fourth-order valence-electron chi connectivity index (χ4n) is 3.58. The number of carbonyl (C=O) groups is 2. The Morgan fingerprint density at radius 3 is 2.37 bits per heavy atom. The first-order chi connectivity index (χ1) is 9.09. The first kappa shape index (κ1) is 14.0. The van der Waals surface area contributed by atoms with E-state index in [1.807, 2.05) is 18.2 Å². The molecule has 0 saturated heterocycles. The van der Waals surface area contributed by atoms with E-state index in [1.54, 1.807) is 13.8 Å². The van der Waals surface area contributed by atoms with Crippen LogP contribution in [0.5, 0.6) is 0 Å². The molecular weight excluding hydrogens is 236 g/mol. The minimum atomic E-state index is 0.0139. The Labute approximate surface area is 115 Å². The Kier molecular flexibility index (Phi) is 4.52. The second-order valence-corrected chi connectivity index (χ2v) is 5.75. The maximum atomic E-state index is 12.1. The minimum absolute atomic E-state index is 0.0139. The summed E-state index contributed by atoms with van der Waals surface area (Å²) in [6, 6.07) is 10.3. The van der Waals surface area contributed by atoms with Gasteiger partial charge in [0.05, 0.1) is 0 Å². The largest absolute Gasteiger partial charge is 0.300 e. The highest BCUT2D eigenvalue weighted by atomic mass is 16.1. The molecule has 1 aromatic carbocycles. The van der Waals surface area contributed by atoms with Gasteiger partial charge >= 0.3 is 0 Å². The maximum Gasteiger partial charge on any atom is 0.133 e. The fraction of sp³-hybridized carbons (Fsp3) is 0.529. The molecule has 3 atom stereocenters. The number of ketones is 2. The van der Waals surface area contributed by atoms with Gasteiger partial charge < -0.3 is 4.79 Å². The average molecular weight is 258 g/mol. The van der Waals surface area contributed by atoms with Crippen molar-refractivity contribution in [3.05, 3.63) is 35.9 Å². The summed E-state index contributed by atoms with van der Waals surface area (Å²) in [5, 5.41) is 0. The molecule has 0 unspecified atom stereocenters. The molecule has 2 rings (SSSR count). The molecule has 1 aromatic rings. The molecule has 102 valence electrons. The van der Waals surface area contributed by atoms with Gasteiger partial charge in [0.25, 0.3) is 0 Å². The lowest BCUT2D eigenvalue weighted by Crippen LogP contribution is -2.33. The first-order valence-corrected chi connectivity index (χ1v) is 7.14. The van der Waals surface area contributed by atoms with Crippen molar-refractivity contribution in [3.63, 3.8) is 0 Å². The summed E-state index contributed by atoms with van der Waals surface area (Å²) in [5.41, 5.74) is 1.25. The third kappa shape index (κ3) is 3.31. The van der Waals surface area contributed by atoms with Gasteiger partial charge in [0.15, 0.2) is 0 Å². The Morgan fingerprint density at radius 1 is 1.11 bits per heavy atom. The van der Waals surface area contributed by atoms with Crippen LogP contribution in [0.3, 0.4) is 0 Å². The number of hydrogen-bond donors (Lipinski definition) is 0. The summed E-state index contributed by atoms with van der Waals surface area (Å²) < 4.78 is 0. The number of rotatable bonds is 4. The molecule has 0 aromatic heterocycles. The van der Waals surface area contributed by atoms with Crippen molar-refractivity contribution < 1.29 is 9.59 Å². The molecule has 1 saturated carbocycles. The smallest absolute Gasteiger partial charge is 0.133 e. The van der Waals surface area contributed by atoms with E-state index in [0.717, 1.165) is 19.3 Å². The van der Waals surface area contributed by atoms with E-state index in [-0.39, 0.29) is 29.3 Å². The zero-order chi connectivity index (χ0) is 13.8. The van der Waals surface area contributed by atoms with Gasteiger partial charge in [-0.1, -0.05) is 36.8 Å². The van der Waals surface area contributed by atoms with Gasteiger partial charge in [-0.2, -0.15) is 0 Å². The monoisotopic (exact) mass is 258 g/mol. The zero-order valence-corrected chi connectivity index (χ0v) is 11.8. The van der Waals surface area contributed by atoms with Crippen LogP contribution in [0.4, 0.5) is 0 Å². The lowest BCUT2D eigenvalue weighted by molar-refractivity contribution is -0.125. The van der Waals surface area contributed by atoms with Crippen molar-refractivity contribution in [2.75, 3.05) is 0 Å². The van der Waals surface area contributed by atoms with E-state index in [4.69, 9.17) is 0 Å². The molecule has 0 bridgehead atoms. The van der Waals surface area contributed by atoms with Crippen LogP contribution in [0.25, 0.3) is 0 Å². The van der Waals surface area contributed by atoms with Crippen LogP contribution in [0.2, 0.25) is 0 Å². The summed E-state index contributed by atoms with van der Waals surface area (Å²) in [4.78, 5) is 23.5. The second kappa shape index (κ2) is 6.14. The van der Waals surface area contributed by atoms with Gasteiger partial charge in [0.2, 0.25) is 0 Å². The second-order valence-electron chi connectivity index (χ2n) is 5.75. The van der Waals surface area contributed by atoms with Crippen molar-refractivity contribution >= 4 is 11.6 Å². The van der Waals surface area contributed by atoms with Crippen molar-refractivity contribution in [2.45, 2.75) is 45.4 Å². The van der Waals surface area contributed by atoms with Crippen molar-refractivity contribution in [3.8, 4) is 0 Å². The molecule has 2 nitrogen and oxygen atoms in total. The normalized spacial score (nSPS) is 26.9. The van der Waals surface area contributed by atoms with E-state index in [1.165, 1.54) is 5.56 Å². The third-order valence-corrected chi connectivity index (χ3v) is 4.28. The molecule has 19 heavy (non-hydrogen) atoms. The molecule has 1 aliphatic carbocycles. The lowest BCUT2D eigenvalue weighted by atomic mass is 9.66. The Morgan fingerprint density at radius 2 is 1.79 bits per heavy atom. The quantitative estimate of drug-likeness (QED) is 0.824. The predicted molar refractivity (Wildman–Crippen MR) is 76.0 cm³/mol. The van der Waals surface area contributed by atoms with Crippen molar-refractivity contribution in [1.29, 1.82) is 0 Å². The van der Waals surface area contributed by atoms with E-state index in [0.29, 0.717) is 6.42 Å². The van der Waals surface area contributed by atoms with Gasteiger partial charge in [-0.05, 0) is 44.1 Å². The SMILES string of the molecule is CC(=O)C[C@@H]1CCC[C@@H](c2ccccc2)[C@@H]1C(C)=O. The van der Waals surface area contributed by atoms with Crippen LogP contribution >= 0.6 is 0 Å². The molecule has 0 aliphatic heterocycles. The third-order valence-electron chi connectivity index (χ3n) is 4.28. The van der Waals surface area contributed by atoms with Crippen LogP contribution in [0.1, 0.15) is 51.0 Å². The molecule has 1 aliphatic rings. The summed E-state index contributed by atoms with van der Waals surface area (Å²) in [7, 11) is 0. The average Bonchev–Trinajstić information content (AvgIpc) is 2.38. The highest BCUT2D eigenvalue weighted by Gasteiger charge is 2.37. The summed E-state index contributed by atoms with van der Waals surface area (Å²) >= 11 is 0. The van der Waals surface area contributed by atoms with Crippen LogP contribution in [0.15, 0.2) is 30.3 Å². The van der Waals surface area contributed by atoms with E-state index in [9.17, 15) is 9.59 Å². The van der Waals surface area contributed by atoms with Gasteiger partial charge in [-0.3, -0.25) is 4.79 Å². The molecular formula is C17H22O2. The van der Waals surface area contributed by atoms with Gasteiger partial charge in [-0.25, -0.2) is 0 Å². The molecule has 1 fully saturated rings. The van der Waals surface area contributed by atoms with E-state index < -0.39 is 0 Å². The van der Waals surface area contributed by atoms with Crippen LogP contribution in [-0.4, -0.2) is 11.6 Å². The molecule has 0 heterocycles. The van der Waals surface area contributed by atoms with Gasteiger partial charge in [-0.15, -0.1) is 0 Å². The molecule has 0 N–H and O–H groups in total. The fourth-order valence-corrected chi connectivity index (χ4v) is 3.58. The van der Waals surface area contributed by atoms with E-state index in [2.05, 4.69) is 12.1 Å². The Bertz CT molecular complexity index is 450. The maximum absolute atomic E-state index is 12.1.